The summed E-state index contributed by atoms with van der Waals surface area (Å²) in [6.07, 6.45) is 2.43. The second-order valence-electron chi connectivity index (χ2n) is 6.92. The van der Waals surface area contributed by atoms with Gasteiger partial charge < -0.3 is 14.8 Å². The third-order valence-electron chi connectivity index (χ3n) is 4.06. The molecule has 3 aromatic rings. The second kappa shape index (κ2) is 9.01. The van der Waals surface area contributed by atoms with E-state index in [2.05, 4.69) is 22.2 Å². The molecule has 2 aromatic heterocycles. The summed E-state index contributed by atoms with van der Waals surface area (Å²) in [6, 6.07) is 7.74. The zero-order valence-corrected chi connectivity index (χ0v) is 17.4. The van der Waals surface area contributed by atoms with Crippen molar-refractivity contribution in [3.63, 3.8) is 0 Å². The maximum Gasteiger partial charge on any atom is 0.348 e. The normalized spacial score (nSPS) is 11.0. The highest BCUT2D eigenvalue weighted by Crippen LogP contribution is 2.36. The third-order valence-corrected chi connectivity index (χ3v) is 5.24. The van der Waals surface area contributed by atoms with Gasteiger partial charge in [-0.1, -0.05) is 32.9 Å². The molecule has 0 amide bonds. The number of para-hydroxylation sites is 2. The van der Waals surface area contributed by atoms with Crippen LogP contribution in [0.4, 0.5) is 11.5 Å². The SMILES string of the molecule is CCCOc1ccccc1Nc1ncnc2sc(C(=O)OCC(C)C)c(C)c12. The van der Waals surface area contributed by atoms with Gasteiger partial charge in [0.15, 0.2) is 0 Å². The Bertz CT molecular complexity index is 969. The van der Waals surface area contributed by atoms with E-state index < -0.39 is 0 Å². The van der Waals surface area contributed by atoms with Crippen LogP contribution >= 0.6 is 11.3 Å². The molecule has 0 saturated heterocycles. The predicted octanol–water partition coefficient (Wildman–Crippen LogP) is 5.34. The number of aromatic nitrogens is 2. The van der Waals surface area contributed by atoms with Crippen LogP contribution in [0, 0.1) is 12.8 Å². The van der Waals surface area contributed by atoms with Crippen molar-refractivity contribution in [2.24, 2.45) is 5.92 Å². The summed E-state index contributed by atoms with van der Waals surface area (Å²) in [5.74, 6) is 1.39. The fourth-order valence-corrected chi connectivity index (χ4v) is 3.75. The van der Waals surface area contributed by atoms with Crippen molar-refractivity contribution < 1.29 is 14.3 Å². The molecule has 3 rings (SSSR count). The first-order valence-corrected chi connectivity index (χ1v) is 10.2. The predicted molar refractivity (Wildman–Crippen MR) is 113 cm³/mol. The highest BCUT2D eigenvalue weighted by molar-refractivity contribution is 7.20. The van der Waals surface area contributed by atoms with Crippen molar-refractivity contribution in [3.8, 4) is 5.75 Å². The first-order chi connectivity index (χ1) is 13.5. The average molecular weight is 400 g/mol. The Hall–Kier alpha value is -2.67. The van der Waals surface area contributed by atoms with Gasteiger partial charge in [-0.15, -0.1) is 11.3 Å². The lowest BCUT2D eigenvalue weighted by molar-refractivity contribution is 0.0464. The van der Waals surface area contributed by atoms with Gasteiger partial charge >= 0.3 is 5.97 Å². The average Bonchev–Trinajstić information content (AvgIpc) is 3.03. The maximum absolute atomic E-state index is 12.5. The number of ether oxygens (including phenoxy) is 2. The number of thiophene rings is 1. The fourth-order valence-electron chi connectivity index (χ4n) is 2.70. The van der Waals surface area contributed by atoms with Crippen LogP contribution in [0.25, 0.3) is 10.2 Å². The minimum atomic E-state index is -0.313. The molecule has 1 aromatic carbocycles. The highest BCUT2D eigenvalue weighted by atomic mass is 32.1. The summed E-state index contributed by atoms with van der Waals surface area (Å²) in [7, 11) is 0. The lowest BCUT2D eigenvalue weighted by atomic mass is 10.2. The minimum absolute atomic E-state index is 0.287. The number of anilines is 2. The summed E-state index contributed by atoms with van der Waals surface area (Å²) in [5.41, 5.74) is 1.65. The lowest BCUT2D eigenvalue weighted by Gasteiger charge is -2.13. The van der Waals surface area contributed by atoms with Crippen molar-refractivity contribution >= 4 is 39.0 Å². The molecule has 0 atom stereocenters. The van der Waals surface area contributed by atoms with E-state index >= 15 is 0 Å². The third kappa shape index (κ3) is 4.42. The minimum Gasteiger partial charge on any atom is -0.491 e. The molecule has 0 bridgehead atoms. The molecule has 148 valence electrons. The van der Waals surface area contributed by atoms with Crippen molar-refractivity contribution in [1.29, 1.82) is 0 Å². The largest absolute Gasteiger partial charge is 0.491 e. The molecule has 7 heteroatoms. The smallest absolute Gasteiger partial charge is 0.348 e. The van der Waals surface area contributed by atoms with Gasteiger partial charge in [-0.2, -0.15) is 0 Å². The highest BCUT2D eigenvalue weighted by Gasteiger charge is 2.21. The number of fused-ring (bicyclic) bond motifs is 1. The number of nitrogens with one attached hydrogen (secondary N) is 1. The van der Waals surface area contributed by atoms with E-state index in [4.69, 9.17) is 9.47 Å². The van der Waals surface area contributed by atoms with Crippen LogP contribution < -0.4 is 10.1 Å². The van der Waals surface area contributed by atoms with Crippen LogP contribution in [0.5, 0.6) is 5.75 Å². The first-order valence-electron chi connectivity index (χ1n) is 9.41. The van der Waals surface area contributed by atoms with Crippen LogP contribution in [-0.2, 0) is 4.74 Å². The molecule has 0 aliphatic rings. The zero-order chi connectivity index (χ0) is 20.1. The summed E-state index contributed by atoms with van der Waals surface area (Å²) < 4.78 is 11.2. The summed E-state index contributed by atoms with van der Waals surface area (Å²) in [5, 5.41) is 4.17. The summed E-state index contributed by atoms with van der Waals surface area (Å²) in [6.45, 7) is 9.03. The number of rotatable bonds is 8. The zero-order valence-electron chi connectivity index (χ0n) is 16.6. The van der Waals surface area contributed by atoms with Crippen molar-refractivity contribution in [2.45, 2.75) is 34.1 Å². The van der Waals surface area contributed by atoms with Gasteiger partial charge in [-0.3, -0.25) is 0 Å². The first kappa shape index (κ1) is 20.1. The van der Waals surface area contributed by atoms with Crippen LogP contribution in [-0.4, -0.2) is 29.2 Å². The number of carbonyl (C=O) groups excluding carboxylic acids is 1. The van der Waals surface area contributed by atoms with Gasteiger partial charge in [-0.25, -0.2) is 14.8 Å². The van der Waals surface area contributed by atoms with Crippen LogP contribution in [0.1, 0.15) is 42.4 Å². The van der Waals surface area contributed by atoms with Gasteiger partial charge in [0, 0.05) is 0 Å². The Morgan fingerprint density at radius 2 is 2.04 bits per heavy atom. The number of aryl methyl sites for hydroxylation is 1. The van der Waals surface area contributed by atoms with Gasteiger partial charge in [0.1, 0.15) is 27.6 Å². The Morgan fingerprint density at radius 1 is 1.25 bits per heavy atom. The standard InChI is InChI=1S/C21H25N3O3S/c1-5-10-26-16-9-7-6-8-15(16)24-19-17-14(4)18(21(25)27-11-13(2)3)28-20(17)23-12-22-19/h6-9,12-13H,5,10-11H2,1-4H3,(H,22,23,24). The molecule has 0 spiro atoms. The Morgan fingerprint density at radius 3 is 2.79 bits per heavy atom. The Balaban J connectivity index is 1.94. The Kier molecular flexibility index (Phi) is 6.46. The van der Waals surface area contributed by atoms with Gasteiger partial charge in [0.25, 0.3) is 0 Å². The molecular weight excluding hydrogens is 374 g/mol. The quantitative estimate of drug-likeness (QED) is 0.515. The van der Waals surface area contributed by atoms with E-state index in [9.17, 15) is 4.79 Å². The van der Waals surface area contributed by atoms with Crippen LogP contribution in [0.2, 0.25) is 0 Å². The number of carbonyl (C=O) groups is 1. The number of hydrogen-bond donors (Lipinski definition) is 1. The maximum atomic E-state index is 12.5. The van der Waals surface area contributed by atoms with E-state index in [1.807, 2.05) is 45.0 Å². The number of hydrogen-bond acceptors (Lipinski definition) is 7. The molecule has 2 heterocycles. The Labute approximate surface area is 168 Å². The number of esters is 1. The molecule has 0 saturated carbocycles. The second-order valence-corrected chi connectivity index (χ2v) is 7.92. The van der Waals surface area contributed by atoms with Crippen molar-refractivity contribution in [2.75, 3.05) is 18.5 Å². The topological polar surface area (TPSA) is 73.3 Å². The van der Waals surface area contributed by atoms with E-state index in [0.29, 0.717) is 23.9 Å². The molecule has 0 aliphatic carbocycles. The van der Waals surface area contributed by atoms with E-state index in [1.54, 1.807) is 0 Å². The van der Waals surface area contributed by atoms with Crippen molar-refractivity contribution in [1.82, 2.24) is 9.97 Å². The van der Waals surface area contributed by atoms with Gasteiger partial charge in [0.05, 0.1) is 24.3 Å². The molecular formula is C21H25N3O3S. The molecule has 0 radical (unpaired) electrons. The van der Waals surface area contributed by atoms with Gasteiger partial charge in [0.2, 0.25) is 0 Å². The molecule has 0 fully saturated rings. The summed E-state index contributed by atoms with van der Waals surface area (Å²) in [4.78, 5) is 22.5. The molecule has 0 unspecified atom stereocenters. The molecule has 1 N–H and O–H groups in total. The fraction of sp³-hybridized carbons (Fsp3) is 0.381. The van der Waals surface area contributed by atoms with E-state index in [0.717, 1.165) is 33.6 Å². The molecule has 28 heavy (non-hydrogen) atoms. The monoisotopic (exact) mass is 399 g/mol. The van der Waals surface area contributed by atoms with Crippen molar-refractivity contribution in [3.05, 3.63) is 41.0 Å². The lowest BCUT2D eigenvalue weighted by Crippen LogP contribution is -2.09. The van der Waals surface area contributed by atoms with Gasteiger partial charge in [-0.05, 0) is 37.0 Å². The van der Waals surface area contributed by atoms with Crippen LogP contribution in [0.3, 0.4) is 0 Å². The van der Waals surface area contributed by atoms with E-state index in [1.165, 1.54) is 17.7 Å². The van der Waals surface area contributed by atoms with E-state index in [-0.39, 0.29) is 11.9 Å². The van der Waals surface area contributed by atoms with Crippen LogP contribution in [0.15, 0.2) is 30.6 Å². The molecule has 0 aliphatic heterocycles. The number of nitrogens with zero attached hydrogens (tertiary/aromatic N) is 2. The number of benzene rings is 1. The summed E-state index contributed by atoms with van der Waals surface area (Å²) >= 11 is 1.33. The molecule has 6 nitrogen and oxygen atoms in total.